The van der Waals surface area contributed by atoms with Crippen LogP contribution < -0.4 is 5.32 Å². The summed E-state index contributed by atoms with van der Waals surface area (Å²) in [4.78, 5) is 20.2. The molecule has 0 atom stereocenters. The topological polar surface area (TPSA) is 46.2 Å². The van der Waals surface area contributed by atoms with Crippen molar-refractivity contribution in [1.29, 1.82) is 0 Å². The van der Waals surface area contributed by atoms with E-state index in [4.69, 9.17) is 4.79 Å². The molecule has 0 aromatic heterocycles. The van der Waals surface area contributed by atoms with Gasteiger partial charge in [0, 0.05) is 11.6 Å². The average Bonchev–Trinajstić information content (AvgIpc) is 3.04. The van der Waals surface area contributed by atoms with Gasteiger partial charge < -0.3 is 5.32 Å². The summed E-state index contributed by atoms with van der Waals surface area (Å²) in [5.74, 6) is -0.0546. The number of carbonyl (C=O) groups is 2. The minimum atomic E-state index is -0.889. The van der Waals surface area contributed by atoms with E-state index in [9.17, 15) is 9.18 Å². The second kappa shape index (κ2) is 6.57. The maximum atomic E-state index is 12.5. The SMILES string of the molecule is O=C(Cl)Cl.O=C(Nc1ccc(F)cc1)C1CC1. The molecule has 1 amide bonds. The molecule has 0 unspecified atom stereocenters. The molecule has 1 aromatic carbocycles. The van der Waals surface area contributed by atoms with Crippen molar-refractivity contribution in [3.05, 3.63) is 30.1 Å². The lowest BCUT2D eigenvalue weighted by Crippen LogP contribution is -2.12. The Morgan fingerprint density at radius 2 is 1.65 bits per heavy atom. The molecule has 1 aromatic rings. The number of anilines is 1. The van der Waals surface area contributed by atoms with E-state index in [2.05, 4.69) is 28.5 Å². The number of benzene rings is 1. The molecule has 1 fully saturated rings. The Morgan fingerprint density at radius 3 is 2.06 bits per heavy atom. The van der Waals surface area contributed by atoms with Crippen LogP contribution in [0.25, 0.3) is 0 Å². The minimum Gasteiger partial charge on any atom is -0.326 e. The molecule has 92 valence electrons. The van der Waals surface area contributed by atoms with Crippen LogP contribution in [0.1, 0.15) is 12.8 Å². The lowest BCUT2D eigenvalue weighted by atomic mass is 10.3. The van der Waals surface area contributed by atoms with Crippen LogP contribution in [0.15, 0.2) is 24.3 Å². The standard InChI is InChI=1S/C10H10FNO.CCl2O/c11-8-3-5-9(6-4-8)12-10(13)7-1-2-7;2-1(3)4/h3-7H,1-2H2,(H,12,13);. The smallest absolute Gasteiger partial charge is 0.313 e. The van der Waals surface area contributed by atoms with Crippen molar-refractivity contribution in [3.8, 4) is 0 Å². The summed E-state index contributed by atoms with van der Waals surface area (Å²) in [6.45, 7) is 0. The minimum absolute atomic E-state index is 0.0478. The van der Waals surface area contributed by atoms with Crippen molar-refractivity contribution >= 4 is 39.5 Å². The number of hydrogen-bond donors (Lipinski definition) is 1. The van der Waals surface area contributed by atoms with Gasteiger partial charge >= 0.3 is 4.70 Å². The lowest BCUT2D eigenvalue weighted by Gasteiger charge is -2.02. The Labute approximate surface area is 108 Å². The largest absolute Gasteiger partial charge is 0.326 e. The highest BCUT2D eigenvalue weighted by molar-refractivity contribution is 6.93. The summed E-state index contributed by atoms with van der Waals surface area (Å²) in [5.41, 5.74) is 0.665. The molecule has 3 nitrogen and oxygen atoms in total. The van der Waals surface area contributed by atoms with Crippen LogP contribution in [-0.2, 0) is 4.79 Å². The van der Waals surface area contributed by atoms with Crippen LogP contribution in [0, 0.1) is 11.7 Å². The van der Waals surface area contributed by atoms with Gasteiger partial charge in [-0.2, -0.15) is 0 Å². The molecule has 0 radical (unpaired) electrons. The summed E-state index contributed by atoms with van der Waals surface area (Å²) in [7, 11) is 0. The number of amides is 1. The maximum Gasteiger partial charge on any atom is 0.313 e. The summed E-state index contributed by atoms with van der Waals surface area (Å²) < 4.78 is 11.6. The van der Waals surface area contributed by atoms with Crippen molar-refractivity contribution in [3.63, 3.8) is 0 Å². The van der Waals surface area contributed by atoms with Crippen LogP contribution in [0.2, 0.25) is 0 Å². The van der Waals surface area contributed by atoms with E-state index in [0.29, 0.717) is 5.69 Å². The van der Waals surface area contributed by atoms with Crippen molar-refractivity contribution in [2.75, 3.05) is 5.32 Å². The second-order valence-corrected chi connectivity index (χ2v) is 4.38. The average molecular weight is 278 g/mol. The number of nitrogens with one attached hydrogen (secondary N) is 1. The molecule has 0 spiro atoms. The summed E-state index contributed by atoms with van der Waals surface area (Å²) in [6, 6.07) is 5.80. The molecule has 2 rings (SSSR count). The van der Waals surface area contributed by atoms with Gasteiger partial charge in [-0.3, -0.25) is 9.59 Å². The number of halogens is 3. The molecule has 0 saturated heterocycles. The first-order valence-corrected chi connectivity index (χ1v) is 5.66. The molecule has 1 aliphatic rings. The lowest BCUT2D eigenvalue weighted by molar-refractivity contribution is -0.117. The first kappa shape index (κ1) is 13.9. The molecular weight excluding hydrogens is 268 g/mol. The van der Waals surface area contributed by atoms with Gasteiger partial charge in [-0.25, -0.2) is 4.39 Å². The zero-order chi connectivity index (χ0) is 12.8. The normalized spacial score (nSPS) is 13.4. The summed E-state index contributed by atoms with van der Waals surface area (Å²) in [5, 5.41) is 2.73. The van der Waals surface area contributed by atoms with Gasteiger partial charge in [0.1, 0.15) is 5.82 Å². The van der Waals surface area contributed by atoms with Gasteiger partial charge in [-0.05, 0) is 60.3 Å². The summed E-state index contributed by atoms with van der Waals surface area (Å²) >= 11 is 8.80. The van der Waals surface area contributed by atoms with E-state index in [-0.39, 0.29) is 17.6 Å². The van der Waals surface area contributed by atoms with Crippen LogP contribution in [0.3, 0.4) is 0 Å². The van der Waals surface area contributed by atoms with E-state index in [1.54, 1.807) is 12.1 Å². The first-order chi connectivity index (χ1) is 7.99. The van der Waals surface area contributed by atoms with Gasteiger partial charge in [0.25, 0.3) is 0 Å². The zero-order valence-corrected chi connectivity index (χ0v) is 10.3. The van der Waals surface area contributed by atoms with E-state index in [1.165, 1.54) is 12.1 Å². The van der Waals surface area contributed by atoms with E-state index in [1.807, 2.05) is 0 Å². The number of rotatable bonds is 2. The van der Waals surface area contributed by atoms with Crippen molar-refractivity contribution < 1.29 is 14.0 Å². The molecule has 1 aliphatic carbocycles. The highest BCUT2D eigenvalue weighted by atomic mass is 35.5. The predicted octanol–water partition coefficient (Wildman–Crippen LogP) is 3.76. The Morgan fingerprint density at radius 1 is 1.18 bits per heavy atom. The van der Waals surface area contributed by atoms with Crippen LogP contribution in [-0.4, -0.2) is 10.6 Å². The molecular formula is C11H10Cl2FNO2. The molecule has 17 heavy (non-hydrogen) atoms. The van der Waals surface area contributed by atoms with E-state index >= 15 is 0 Å². The Balaban J connectivity index is 0.000000317. The third-order valence-corrected chi connectivity index (χ3v) is 2.06. The fraction of sp³-hybridized carbons (Fsp3) is 0.273. The van der Waals surface area contributed by atoms with Gasteiger partial charge in [0.05, 0.1) is 0 Å². The Bertz CT molecular complexity index is 400. The van der Waals surface area contributed by atoms with Crippen molar-refractivity contribution in [2.24, 2.45) is 5.92 Å². The molecule has 0 heterocycles. The molecule has 1 saturated carbocycles. The van der Waals surface area contributed by atoms with Gasteiger partial charge in [-0.15, -0.1) is 0 Å². The predicted molar refractivity (Wildman–Crippen MR) is 64.9 cm³/mol. The Kier molecular flexibility index (Phi) is 5.38. The van der Waals surface area contributed by atoms with Gasteiger partial charge in [-0.1, -0.05) is 0 Å². The van der Waals surface area contributed by atoms with Gasteiger partial charge in [0.15, 0.2) is 0 Å². The Hall–Kier alpha value is -1.13. The van der Waals surface area contributed by atoms with Crippen molar-refractivity contribution in [1.82, 2.24) is 0 Å². The molecule has 0 aliphatic heterocycles. The fourth-order valence-corrected chi connectivity index (χ4v) is 1.12. The maximum absolute atomic E-state index is 12.5. The van der Waals surface area contributed by atoms with E-state index < -0.39 is 4.70 Å². The third kappa shape index (κ3) is 6.24. The number of carbonyl (C=O) groups excluding carboxylic acids is 2. The summed E-state index contributed by atoms with van der Waals surface area (Å²) in [6.07, 6.45) is 1.96. The van der Waals surface area contributed by atoms with Crippen LogP contribution in [0.4, 0.5) is 14.9 Å². The van der Waals surface area contributed by atoms with E-state index in [0.717, 1.165) is 12.8 Å². The third-order valence-electron chi connectivity index (χ3n) is 2.06. The highest BCUT2D eigenvalue weighted by Crippen LogP contribution is 2.30. The molecule has 0 bridgehead atoms. The van der Waals surface area contributed by atoms with Gasteiger partial charge in [0.2, 0.25) is 5.91 Å². The van der Waals surface area contributed by atoms with Crippen molar-refractivity contribution in [2.45, 2.75) is 12.8 Å². The fourth-order valence-electron chi connectivity index (χ4n) is 1.12. The van der Waals surface area contributed by atoms with Crippen LogP contribution in [0.5, 0.6) is 0 Å². The molecule has 6 heteroatoms. The number of hydrogen-bond acceptors (Lipinski definition) is 2. The first-order valence-electron chi connectivity index (χ1n) is 4.90. The highest BCUT2D eigenvalue weighted by Gasteiger charge is 2.29. The monoisotopic (exact) mass is 277 g/mol. The molecule has 1 N–H and O–H groups in total. The second-order valence-electron chi connectivity index (χ2n) is 3.50. The quantitative estimate of drug-likeness (QED) is 0.837. The van der Waals surface area contributed by atoms with Crippen LogP contribution >= 0.6 is 23.2 Å². The zero-order valence-electron chi connectivity index (χ0n) is 8.75.